The molecule has 1 aliphatic rings. The van der Waals surface area contributed by atoms with E-state index in [0.717, 1.165) is 47.5 Å². The summed E-state index contributed by atoms with van der Waals surface area (Å²) in [6.07, 6.45) is 2.50. The Morgan fingerprint density at radius 1 is 0.977 bits per heavy atom. The molecular weight excluding hydrogens is 540 g/mol. The van der Waals surface area contributed by atoms with Gasteiger partial charge in [0.1, 0.15) is 11.6 Å². The van der Waals surface area contributed by atoms with Crippen molar-refractivity contribution in [3.8, 4) is 11.4 Å². The second-order valence-corrected chi connectivity index (χ2v) is 12.4. The Labute approximate surface area is 252 Å². The smallest absolute Gasteiger partial charge is 0.324 e. The van der Waals surface area contributed by atoms with Gasteiger partial charge < -0.3 is 21.1 Å². The predicted molar refractivity (Wildman–Crippen MR) is 171 cm³/mol. The average Bonchev–Trinajstić information content (AvgIpc) is 3.40. The fraction of sp³-hybridized carbons (Fsp3) is 0.324. The standard InChI is InChI=1S/C34H40N6O3/c1-22-9-12-26(13-10-22)40-31(21-30(38-40)34(2,3)4)37-33(43)36-28-8-6-5-7-24(28)19-23-15-17-39(18-16-23)32(42)25-11-14-29(41)27(35)20-25/h5-14,20-21,23,41H,15-19,35H2,1-4H3,(H2,36,37,43). The Balaban J connectivity index is 1.24. The van der Waals surface area contributed by atoms with Crippen LogP contribution in [0.2, 0.25) is 0 Å². The van der Waals surface area contributed by atoms with Crippen molar-refractivity contribution in [2.75, 3.05) is 29.5 Å². The summed E-state index contributed by atoms with van der Waals surface area (Å²) in [6.45, 7) is 9.60. The number of hydrogen-bond acceptors (Lipinski definition) is 5. The Bertz CT molecular complexity index is 1610. The summed E-state index contributed by atoms with van der Waals surface area (Å²) in [5, 5.41) is 20.6. The molecule has 224 valence electrons. The van der Waals surface area contributed by atoms with E-state index in [1.54, 1.807) is 10.7 Å². The minimum absolute atomic E-state index is 0.0252. The van der Waals surface area contributed by atoms with Crippen LogP contribution >= 0.6 is 0 Å². The van der Waals surface area contributed by atoms with E-state index in [1.807, 2.05) is 66.4 Å². The fourth-order valence-electron chi connectivity index (χ4n) is 5.33. The third-order valence-electron chi connectivity index (χ3n) is 7.95. The number of amides is 3. The number of urea groups is 1. The number of aromatic hydroxyl groups is 1. The molecule has 0 unspecified atom stereocenters. The number of rotatable bonds is 6. The van der Waals surface area contributed by atoms with Gasteiger partial charge in [0.2, 0.25) is 0 Å². The summed E-state index contributed by atoms with van der Waals surface area (Å²) < 4.78 is 1.77. The molecule has 3 aromatic carbocycles. The number of piperidine rings is 1. The minimum Gasteiger partial charge on any atom is -0.506 e. The van der Waals surface area contributed by atoms with Crippen molar-refractivity contribution < 1.29 is 14.7 Å². The van der Waals surface area contributed by atoms with Crippen LogP contribution in [0.15, 0.2) is 72.8 Å². The van der Waals surface area contributed by atoms with Crippen LogP contribution in [0, 0.1) is 12.8 Å². The van der Waals surface area contributed by atoms with Crippen LogP contribution in [0.5, 0.6) is 5.75 Å². The highest BCUT2D eigenvalue weighted by Crippen LogP contribution is 2.29. The molecule has 1 saturated heterocycles. The van der Waals surface area contributed by atoms with Gasteiger partial charge in [-0.2, -0.15) is 5.10 Å². The second-order valence-electron chi connectivity index (χ2n) is 12.4. The maximum Gasteiger partial charge on any atom is 0.324 e. The van der Waals surface area contributed by atoms with Crippen LogP contribution in [-0.2, 0) is 11.8 Å². The third kappa shape index (κ3) is 6.99. The van der Waals surface area contributed by atoms with Crippen LogP contribution in [0.4, 0.5) is 22.0 Å². The molecular formula is C34H40N6O3. The molecule has 1 fully saturated rings. The van der Waals surface area contributed by atoms with E-state index in [1.165, 1.54) is 12.1 Å². The van der Waals surface area contributed by atoms with Crippen molar-refractivity contribution >= 4 is 29.1 Å². The van der Waals surface area contributed by atoms with Crippen molar-refractivity contribution in [3.63, 3.8) is 0 Å². The molecule has 0 spiro atoms. The molecule has 3 amide bonds. The Hall–Kier alpha value is -4.79. The average molecular weight is 581 g/mol. The van der Waals surface area contributed by atoms with Crippen LogP contribution in [0.1, 0.15) is 60.8 Å². The molecule has 5 rings (SSSR count). The van der Waals surface area contributed by atoms with Crippen LogP contribution in [0.3, 0.4) is 0 Å². The van der Waals surface area contributed by atoms with Gasteiger partial charge in [0, 0.05) is 35.8 Å². The SMILES string of the molecule is Cc1ccc(-n2nc(C(C)(C)C)cc2NC(=O)Nc2ccccc2CC2CCN(C(=O)c3ccc(O)c(N)c3)CC2)cc1. The zero-order valence-corrected chi connectivity index (χ0v) is 25.2. The first kappa shape index (κ1) is 29.7. The lowest BCUT2D eigenvalue weighted by molar-refractivity contribution is 0.0690. The van der Waals surface area contributed by atoms with Crippen molar-refractivity contribution in [3.05, 3.63) is 95.2 Å². The number of nitrogen functional groups attached to an aromatic ring is 1. The molecule has 1 aromatic heterocycles. The van der Waals surface area contributed by atoms with Crippen LogP contribution < -0.4 is 16.4 Å². The fourth-order valence-corrected chi connectivity index (χ4v) is 5.33. The summed E-state index contributed by atoms with van der Waals surface area (Å²) in [7, 11) is 0. The van der Waals surface area contributed by atoms with E-state index in [2.05, 4.69) is 31.4 Å². The maximum absolute atomic E-state index is 13.3. The number of benzene rings is 3. The number of carbonyl (C=O) groups excluding carboxylic acids is 2. The number of aryl methyl sites for hydroxylation is 1. The van der Waals surface area contributed by atoms with Gasteiger partial charge in [-0.1, -0.05) is 56.7 Å². The molecule has 9 nitrogen and oxygen atoms in total. The third-order valence-corrected chi connectivity index (χ3v) is 7.95. The summed E-state index contributed by atoms with van der Waals surface area (Å²) >= 11 is 0. The number of likely N-dealkylation sites (tertiary alicyclic amines) is 1. The van der Waals surface area contributed by atoms with Gasteiger partial charge in [-0.15, -0.1) is 0 Å². The highest BCUT2D eigenvalue weighted by Gasteiger charge is 2.25. The predicted octanol–water partition coefficient (Wildman–Crippen LogP) is 6.50. The van der Waals surface area contributed by atoms with E-state index in [9.17, 15) is 14.7 Å². The monoisotopic (exact) mass is 580 g/mol. The van der Waals surface area contributed by atoms with Gasteiger partial charge in [0.05, 0.1) is 17.1 Å². The number of nitrogens with one attached hydrogen (secondary N) is 2. The zero-order chi connectivity index (χ0) is 30.7. The van der Waals surface area contributed by atoms with Gasteiger partial charge >= 0.3 is 6.03 Å². The van der Waals surface area contributed by atoms with Gasteiger partial charge in [-0.05, 0) is 74.1 Å². The molecule has 9 heteroatoms. The number of nitrogens with zero attached hydrogens (tertiary/aromatic N) is 3. The lowest BCUT2D eigenvalue weighted by Gasteiger charge is -2.32. The first-order valence-corrected chi connectivity index (χ1v) is 14.7. The molecule has 0 radical (unpaired) electrons. The Kier molecular flexibility index (Phi) is 8.43. The first-order valence-electron chi connectivity index (χ1n) is 14.7. The number of carbonyl (C=O) groups is 2. The summed E-state index contributed by atoms with van der Waals surface area (Å²) in [4.78, 5) is 28.1. The maximum atomic E-state index is 13.3. The highest BCUT2D eigenvalue weighted by atomic mass is 16.3. The first-order chi connectivity index (χ1) is 20.5. The van der Waals surface area contributed by atoms with Crippen LogP contribution in [-0.4, -0.2) is 44.8 Å². The number of para-hydroxylation sites is 1. The molecule has 0 atom stereocenters. The van der Waals surface area contributed by atoms with E-state index < -0.39 is 0 Å². The lowest BCUT2D eigenvalue weighted by Crippen LogP contribution is -2.39. The van der Waals surface area contributed by atoms with Gasteiger partial charge in [0.25, 0.3) is 5.91 Å². The van der Waals surface area contributed by atoms with Crippen molar-refractivity contribution in [2.45, 2.75) is 52.4 Å². The molecule has 2 heterocycles. The highest BCUT2D eigenvalue weighted by molar-refractivity contribution is 6.00. The van der Waals surface area contributed by atoms with Gasteiger partial charge in [0.15, 0.2) is 0 Å². The molecule has 0 aliphatic carbocycles. The summed E-state index contributed by atoms with van der Waals surface area (Å²) in [5.41, 5.74) is 11.0. The summed E-state index contributed by atoms with van der Waals surface area (Å²) in [5.74, 6) is 0.861. The number of phenolic OH excluding ortho intramolecular Hbond substituents is 1. The minimum atomic E-state index is -0.338. The van der Waals surface area contributed by atoms with Gasteiger partial charge in [-0.3, -0.25) is 10.1 Å². The molecule has 0 saturated carbocycles. The largest absolute Gasteiger partial charge is 0.506 e. The van der Waals surface area contributed by atoms with Crippen LogP contribution in [0.25, 0.3) is 5.69 Å². The Morgan fingerprint density at radius 3 is 2.35 bits per heavy atom. The van der Waals surface area contributed by atoms with Gasteiger partial charge in [-0.25, -0.2) is 9.48 Å². The number of phenols is 1. The van der Waals surface area contributed by atoms with Crippen molar-refractivity contribution in [2.24, 2.45) is 5.92 Å². The number of nitrogens with two attached hydrogens (primary N) is 1. The Morgan fingerprint density at radius 2 is 1.67 bits per heavy atom. The van der Waals surface area contributed by atoms with E-state index in [-0.39, 0.29) is 28.8 Å². The number of hydrogen-bond donors (Lipinski definition) is 4. The number of aromatic nitrogens is 2. The van der Waals surface area contributed by atoms with E-state index in [4.69, 9.17) is 10.8 Å². The van der Waals surface area contributed by atoms with E-state index >= 15 is 0 Å². The molecule has 4 aromatic rings. The van der Waals surface area contributed by atoms with Crippen molar-refractivity contribution in [1.82, 2.24) is 14.7 Å². The molecule has 43 heavy (non-hydrogen) atoms. The van der Waals surface area contributed by atoms with E-state index in [0.29, 0.717) is 30.4 Å². The normalized spacial score (nSPS) is 14.0. The molecule has 5 N–H and O–H groups in total. The quantitative estimate of drug-likeness (QED) is 0.153. The molecule has 1 aliphatic heterocycles. The second kappa shape index (κ2) is 12.2. The number of anilines is 3. The molecule has 0 bridgehead atoms. The van der Waals surface area contributed by atoms with Crippen molar-refractivity contribution in [1.29, 1.82) is 0 Å². The zero-order valence-electron chi connectivity index (χ0n) is 25.2. The summed E-state index contributed by atoms with van der Waals surface area (Å²) in [6, 6.07) is 22.1. The lowest BCUT2D eigenvalue weighted by atomic mass is 9.89. The topological polar surface area (TPSA) is 126 Å².